The number of hydrazone groups is 1. The van der Waals surface area contributed by atoms with E-state index in [2.05, 4.69) is 10.1 Å². The third-order valence-electron chi connectivity index (χ3n) is 4.66. The Balaban J connectivity index is 2.21. The number of amides is 1. The van der Waals surface area contributed by atoms with Gasteiger partial charge in [0.05, 0.1) is 22.9 Å². The van der Waals surface area contributed by atoms with Crippen LogP contribution < -0.4 is 15.7 Å². The predicted octanol–water partition coefficient (Wildman–Crippen LogP) is 4.16. The van der Waals surface area contributed by atoms with E-state index in [1.165, 1.54) is 17.2 Å². The molecule has 1 aromatic carbocycles. The number of pyridine rings is 1. The maximum Gasteiger partial charge on any atom is 0.417 e. The number of nitrogens with two attached hydrogens (primary N) is 1. The van der Waals surface area contributed by atoms with Crippen molar-refractivity contribution in [2.24, 2.45) is 10.9 Å². The zero-order valence-corrected chi connectivity index (χ0v) is 18.2. The molecule has 1 amide bonds. The highest BCUT2D eigenvalue weighted by Crippen LogP contribution is 2.29. The van der Waals surface area contributed by atoms with E-state index < -0.39 is 29.5 Å². The van der Waals surface area contributed by atoms with Gasteiger partial charge >= 0.3 is 6.18 Å². The number of benzene rings is 1. The van der Waals surface area contributed by atoms with Crippen LogP contribution >= 0.6 is 0 Å². The molecular formula is C21H25F4N5O2. The van der Waals surface area contributed by atoms with Gasteiger partial charge in [-0.3, -0.25) is 4.79 Å². The van der Waals surface area contributed by atoms with Gasteiger partial charge < -0.3 is 9.64 Å². The topological polar surface area (TPSA) is 84.0 Å². The van der Waals surface area contributed by atoms with Crippen LogP contribution in [0.4, 0.5) is 23.2 Å². The summed E-state index contributed by atoms with van der Waals surface area (Å²) in [4.78, 5) is 18.3. The average Bonchev–Trinajstić information content (AvgIpc) is 2.74. The first-order chi connectivity index (χ1) is 15.0. The SMILES string of the molecule is C/C=N\N(N)c1cc(C)c(F)cc1C(=O)N(CC)[C@@H](C)COc1ccc(C(F)(F)F)cn1. The third-order valence-corrected chi connectivity index (χ3v) is 4.66. The molecule has 7 nitrogen and oxygen atoms in total. The van der Waals surface area contributed by atoms with Crippen LogP contribution in [0.2, 0.25) is 0 Å². The highest BCUT2D eigenvalue weighted by atomic mass is 19.4. The maximum atomic E-state index is 14.2. The molecule has 0 saturated carbocycles. The van der Waals surface area contributed by atoms with Crippen LogP contribution in [0.15, 0.2) is 35.6 Å². The van der Waals surface area contributed by atoms with Crippen molar-refractivity contribution in [3.8, 4) is 5.88 Å². The summed E-state index contributed by atoms with van der Waals surface area (Å²) in [5.41, 5.74) is -0.352. The minimum Gasteiger partial charge on any atom is -0.475 e. The number of nitrogens with zero attached hydrogens (tertiary/aromatic N) is 4. The molecule has 0 fully saturated rings. The van der Waals surface area contributed by atoms with Crippen LogP contribution in [0.3, 0.4) is 0 Å². The number of anilines is 1. The first kappa shape index (κ1) is 25.1. The number of rotatable bonds is 8. The van der Waals surface area contributed by atoms with Crippen molar-refractivity contribution in [1.29, 1.82) is 0 Å². The van der Waals surface area contributed by atoms with Crippen LogP contribution in [0.5, 0.6) is 5.88 Å². The lowest BCUT2D eigenvalue weighted by molar-refractivity contribution is -0.137. The Bertz CT molecular complexity index is 964. The summed E-state index contributed by atoms with van der Waals surface area (Å²) in [6.45, 7) is 6.84. The number of halogens is 4. The van der Waals surface area contributed by atoms with Gasteiger partial charge in [-0.1, -0.05) is 0 Å². The Hall–Kier alpha value is -3.21. The molecule has 11 heteroatoms. The van der Waals surface area contributed by atoms with Crippen molar-refractivity contribution in [2.45, 2.75) is 39.9 Å². The van der Waals surface area contributed by atoms with Crippen LogP contribution in [-0.4, -0.2) is 41.2 Å². The summed E-state index contributed by atoms with van der Waals surface area (Å²) in [5, 5.41) is 4.91. The predicted molar refractivity (Wildman–Crippen MR) is 113 cm³/mol. The van der Waals surface area contributed by atoms with Crippen molar-refractivity contribution in [1.82, 2.24) is 9.88 Å². The molecular weight excluding hydrogens is 430 g/mol. The molecule has 32 heavy (non-hydrogen) atoms. The number of ether oxygens (including phenoxy) is 1. The first-order valence-electron chi connectivity index (χ1n) is 9.80. The molecule has 2 rings (SSSR count). The average molecular weight is 455 g/mol. The normalized spacial score (nSPS) is 12.7. The molecule has 2 N–H and O–H groups in total. The molecule has 0 aliphatic carbocycles. The summed E-state index contributed by atoms with van der Waals surface area (Å²) in [6.07, 6.45) is -2.39. The fourth-order valence-corrected chi connectivity index (χ4v) is 2.95. The number of aromatic nitrogens is 1. The van der Waals surface area contributed by atoms with Gasteiger partial charge in [-0.15, -0.1) is 0 Å². The van der Waals surface area contributed by atoms with Crippen LogP contribution in [0.25, 0.3) is 0 Å². The Morgan fingerprint density at radius 3 is 2.56 bits per heavy atom. The summed E-state index contributed by atoms with van der Waals surface area (Å²) in [6, 6.07) is 3.99. The van der Waals surface area contributed by atoms with E-state index in [1.54, 1.807) is 27.7 Å². The van der Waals surface area contributed by atoms with E-state index >= 15 is 0 Å². The Labute approximate surface area is 183 Å². The smallest absolute Gasteiger partial charge is 0.417 e. The van der Waals surface area contributed by atoms with Crippen molar-refractivity contribution < 1.29 is 27.1 Å². The van der Waals surface area contributed by atoms with Gasteiger partial charge in [0, 0.05) is 25.0 Å². The van der Waals surface area contributed by atoms with Gasteiger partial charge in [0.25, 0.3) is 5.91 Å². The Kier molecular flexibility index (Phi) is 8.14. The minimum absolute atomic E-state index is 0.0131. The number of aryl methyl sites for hydroxylation is 1. The third kappa shape index (κ3) is 5.94. The number of alkyl halides is 3. The van der Waals surface area contributed by atoms with E-state index in [-0.39, 0.29) is 30.3 Å². The molecule has 174 valence electrons. The number of likely N-dealkylation sites (N-methyl/N-ethyl adjacent to an activating group) is 1. The molecule has 0 radical (unpaired) electrons. The van der Waals surface area contributed by atoms with E-state index in [0.717, 1.165) is 23.3 Å². The first-order valence-corrected chi connectivity index (χ1v) is 9.80. The lowest BCUT2D eigenvalue weighted by Gasteiger charge is -2.29. The zero-order valence-electron chi connectivity index (χ0n) is 18.2. The summed E-state index contributed by atoms with van der Waals surface area (Å²) in [5.74, 6) is 4.80. The second kappa shape index (κ2) is 10.4. The van der Waals surface area contributed by atoms with Crippen LogP contribution in [0.1, 0.15) is 42.3 Å². The minimum atomic E-state index is -4.50. The molecule has 0 spiro atoms. The quantitative estimate of drug-likeness (QED) is 0.280. The molecule has 1 atom stereocenters. The van der Waals surface area contributed by atoms with Gasteiger partial charge in [0.15, 0.2) is 0 Å². The summed E-state index contributed by atoms with van der Waals surface area (Å²) >= 11 is 0. The molecule has 1 heterocycles. The maximum absolute atomic E-state index is 14.2. The monoisotopic (exact) mass is 455 g/mol. The van der Waals surface area contributed by atoms with E-state index in [1.807, 2.05) is 0 Å². The zero-order chi connectivity index (χ0) is 24.1. The second-order valence-corrected chi connectivity index (χ2v) is 6.97. The largest absolute Gasteiger partial charge is 0.475 e. The van der Waals surface area contributed by atoms with Gasteiger partial charge in [-0.05, 0) is 51.5 Å². The van der Waals surface area contributed by atoms with Crippen LogP contribution in [-0.2, 0) is 6.18 Å². The van der Waals surface area contributed by atoms with Gasteiger partial charge in [-0.2, -0.15) is 23.4 Å². The van der Waals surface area contributed by atoms with Gasteiger partial charge in [0.2, 0.25) is 5.88 Å². The second-order valence-electron chi connectivity index (χ2n) is 6.97. The fraction of sp³-hybridized carbons (Fsp3) is 0.381. The lowest BCUT2D eigenvalue weighted by atomic mass is 10.1. The summed E-state index contributed by atoms with van der Waals surface area (Å²) in [7, 11) is 0. The Morgan fingerprint density at radius 1 is 1.34 bits per heavy atom. The highest BCUT2D eigenvalue weighted by Gasteiger charge is 2.31. The number of carbonyl (C=O) groups is 1. The molecule has 0 bridgehead atoms. The van der Waals surface area contributed by atoms with Crippen molar-refractivity contribution >= 4 is 17.8 Å². The van der Waals surface area contributed by atoms with Crippen molar-refractivity contribution in [2.75, 3.05) is 18.3 Å². The van der Waals surface area contributed by atoms with Crippen molar-refractivity contribution in [3.05, 3.63) is 53.0 Å². The summed E-state index contributed by atoms with van der Waals surface area (Å²) < 4.78 is 57.7. The molecule has 1 aromatic heterocycles. The lowest BCUT2D eigenvalue weighted by Crippen LogP contribution is -2.42. The number of carbonyl (C=O) groups excluding carboxylic acids is 1. The molecule has 0 saturated heterocycles. The standard InChI is InChI=1S/C21H25F4N5O2/c1-5-28-30(26)18-9-13(3)17(22)10-16(18)20(31)29(6-2)14(4)12-32-19-8-7-15(11-27-19)21(23,24)25/h5,7-11,14H,6,12,26H2,1-4H3/b28-5-/t14-/m0/s1. The van der Waals surface area contributed by atoms with Crippen molar-refractivity contribution in [3.63, 3.8) is 0 Å². The van der Waals surface area contributed by atoms with Gasteiger partial charge in [0.1, 0.15) is 12.4 Å². The number of hydrogen-bond donors (Lipinski definition) is 1. The van der Waals surface area contributed by atoms with E-state index in [9.17, 15) is 22.4 Å². The number of hydrogen-bond acceptors (Lipinski definition) is 6. The van der Waals surface area contributed by atoms with Gasteiger partial charge in [-0.25, -0.2) is 15.2 Å². The molecule has 0 aliphatic heterocycles. The molecule has 0 unspecified atom stereocenters. The Morgan fingerprint density at radius 2 is 2.03 bits per heavy atom. The molecule has 0 aliphatic rings. The van der Waals surface area contributed by atoms with E-state index in [4.69, 9.17) is 10.6 Å². The fourth-order valence-electron chi connectivity index (χ4n) is 2.95. The highest BCUT2D eigenvalue weighted by molar-refractivity contribution is 6.00. The molecule has 2 aromatic rings. The van der Waals surface area contributed by atoms with E-state index in [0.29, 0.717) is 11.8 Å². The van der Waals surface area contributed by atoms with Crippen LogP contribution in [0, 0.1) is 12.7 Å². The number of hydrazine groups is 1.